The lowest BCUT2D eigenvalue weighted by molar-refractivity contribution is 0.487. The van der Waals surface area contributed by atoms with Gasteiger partial charge in [-0.1, -0.05) is 18.2 Å². The first kappa shape index (κ1) is 15.2. The van der Waals surface area contributed by atoms with Crippen LogP contribution in [0.4, 0.5) is 0 Å². The predicted octanol–water partition coefficient (Wildman–Crippen LogP) is 3.92. The van der Waals surface area contributed by atoms with Gasteiger partial charge in [0.1, 0.15) is 10.4 Å². The highest BCUT2D eigenvalue weighted by Gasteiger charge is 2.20. The van der Waals surface area contributed by atoms with Crippen molar-refractivity contribution in [3.63, 3.8) is 0 Å². The topological polar surface area (TPSA) is 56.3 Å². The Bertz CT molecular complexity index is 949. The van der Waals surface area contributed by atoms with Gasteiger partial charge in [-0.15, -0.1) is 0 Å². The van der Waals surface area contributed by atoms with Gasteiger partial charge in [-0.2, -0.15) is 8.42 Å². The van der Waals surface area contributed by atoms with E-state index in [-0.39, 0.29) is 10.6 Å². The highest BCUT2D eigenvalue weighted by atomic mass is 127. The summed E-state index contributed by atoms with van der Waals surface area (Å²) in [5.74, 6) is 0.232. The molecule has 6 heteroatoms. The largest absolute Gasteiger partial charge is 0.377 e. The summed E-state index contributed by atoms with van der Waals surface area (Å²) >= 11 is 2.14. The highest BCUT2D eigenvalue weighted by Crippen LogP contribution is 2.27. The highest BCUT2D eigenvalue weighted by molar-refractivity contribution is 14.1. The van der Waals surface area contributed by atoms with Crippen molar-refractivity contribution in [2.45, 2.75) is 11.8 Å². The molecule has 0 aliphatic rings. The number of hydrogen-bond donors (Lipinski definition) is 0. The van der Waals surface area contributed by atoms with Gasteiger partial charge in [-0.3, -0.25) is 4.98 Å². The number of rotatable bonds is 3. The van der Waals surface area contributed by atoms with Crippen LogP contribution in [0.3, 0.4) is 0 Å². The normalized spacial score (nSPS) is 11.5. The Morgan fingerprint density at radius 2 is 1.86 bits per heavy atom. The lowest BCUT2D eigenvalue weighted by atomic mass is 10.2. The first-order chi connectivity index (χ1) is 10.5. The zero-order valence-corrected chi connectivity index (χ0v) is 14.6. The van der Waals surface area contributed by atoms with Crippen molar-refractivity contribution >= 4 is 43.6 Å². The first-order valence-corrected chi connectivity index (χ1v) is 9.00. The van der Waals surface area contributed by atoms with E-state index in [2.05, 4.69) is 27.6 Å². The summed E-state index contributed by atoms with van der Waals surface area (Å²) in [4.78, 5) is 4.37. The first-order valence-electron chi connectivity index (χ1n) is 6.52. The van der Waals surface area contributed by atoms with E-state index in [9.17, 15) is 8.42 Å². The Morgan fingerprint density at radius 3 is 2.64 bits per heavy atom. The lowest BCUT2D eigenvalue weighted by Gasteiger charge is -2.11. The summed E-state index contributed by atoms with van der Waals surface area (Å²) in [5, 5.41) is 0.828. The molecule has 0 bridgehead atoms. The summed E-state index contributed by atoms with van der Waals surface area (Å²) in [5.41, 5.74) is 1.18. The monoisotopic (exact) mass is 425 g/mol. The second-order valence-corrected chi connectivity index (χ2v) is 7.54. The molecule has 2 aromatic carbocycles. The number of benzene rings is 2. The molecule has 0 radical (unpaired) electrons. The molecule has 112 valence electrons. The van der Waals surface area contributed by atoms with Gasteiger partial charge < -0.3 is 4.18 Å². The molecule has 3 aromatic rings. The van der Waals surface area contributed by atoms with Gasteiger partial charge in [0.2, 0.25) is 0 Å². The standard InChI is InChI=1S/C16H12INO3S/c1-11-10-13(17)7-8-15(11)22(19,20)21-14-6-2-4-12-5-3-9-18-16(12)14/h2-10H,1H3. The molecule has 22 heavy (non-hydrogen) atoms. The van der Waals surface area contributed by atoms with Crippen molar-refractivity contribution in [1.82, 2.24) is 4.98 Å². The summed E-state index contributed by atoms with van der Waals surface area (Å²) in [6, 6.07) is 14.0. The van der Waals surface area contributed by atoms with Gasteiger partial charge in [0.15, 0.2) is 5.75 Å². The minimum Gasteiger partial charge on any atom is -0.377 e. The minimum atomic E-state index is -3.90. The summed E-state index contributed by atoms with van der Waals surface area (Å²) < 4.78 is 31.4. The van der Waals surface area contributed by atoms with Gasteiger partial charge in [0, 0.05) is 15.2 Å². The molecule has 0 atom stereocenters. The van der Waals surface area contributed by atoms with Gasteiger partial charge in [0.25, 0.3) is 0 Å². The molecule has 0 aliphatic heterocycles. The van der Waals surface area contributed by atoms with Crippen molar-refractivity contribution in [3.8, 4) is 5.75 Å². The van der Waals surface area contributed by atoms with Gasteiger partial charge in [0.05, 0.1) is 0 Å². The second kappa shape index (κ2) is 5.85. The minimum absolute atomic E-state index is 0.167. The van der Waals surface area contributed by atoms with E-state index < -0.39 is 10.1 Å². The van der Waals surface area contributed by atoms with E-state index in [0.717, 1.165) is 8.96 Å². The van der Waals surface area contributed by atoms with Crippen molar-refractivity contribution in [2.75, 3.05) is 0 Å². The molecule has 0 spiro atoms. The number of para-hydroxylation sites is 1. The van der Waals surface area contributed by atoms with Crippen LogP contribution in [0.1, 0.15) is 5.56 Å². The third-order valence-electron chi connectivity index (χ3n) is 3.20. The molecule has 0 amide bonds. The number of hydrogen-bond acceptors (Lipinski definition) is 4. The van der Waals surface area contributed by atoms with E-state index >= 15 is 0 Å². The summed E-state index contributed by atoms with van der Waals surface area (Å²) in [6.07, 6.45) is 1.61. The number of aryl methyl sites for hydroxylation is 1. The van der Waals surface area contributed by atoms with Crippen LogP contribution in [0.25, 0.3) is 10.9 Å². The van der Waals surface area contributed by atoms with Crippen LogP contribution in [0.2, 0.25) is 0 Å². The van der Waals surface area contributed by atoms with Gasteiger partial charge in [-0.25, -0.2) is 0 Å². The predicted molar refractivity (Wildman–Crippen MR) is 93.5 cm³/mol. The Hall–Kier alpha value is -1.67. The van der Waals surface area contributed by atoms with E-state index in [1.54, 1.807) is 49.5 Å². The Balaban J connectivity index is 2.07. The van der Waals surface area contributed by atoms with Crippen molar-refractivity contribution in [1.29, 1.82) is 0 Å². The molecule has 0 aliphatic carbocycles. The molecular weight excluding hydrogens is 413 g/mol. The van der Waals surface area contributed by atoms with Gasteiger partial charge in [-0.05, 0) is 65.4 Å². The van der Waals surface area contributed by atoms with Gasteiger partial charge >= 0.3 is 10.1 Å². The quantitative estimate of drug-likeness (QED) is 0.472. The molecule has 0 unspecified atom stereocenters. The fourth-order valence-electron chi connectivity index (χ4n) is 2.20. The molecule has 4 nitrogen and oxygen atoms in total. The number of pyridine rings is 1. The van der Waals surface area contributed by atoms with E-state index in [1.807, 2.05) is 12.1 Å². The molecule has 3 rings (SSSR count). The molecule has 1 aromatic heterocycles. The van der Waals surface area contributed by atoms with Crippen LogP contribution in [0, 0.1) is 10.5 Å². The SMILES string of the molecule is Cc1cc(I)ccc1S(=O)(=O)Oc1cccc2cccnc12. The summed E-state index contributed by atoms with van der Waals surface area (Å²) in [6.45, 7) is 1.75. The second-order valence-electron chi connectivity index (χ2n) is 4.78. The molecule has 0 N–H and O–H groups in total. The van der Waals surface area contributed by atoms with Crippen LogP contribution in [-0.4, -0.2) is 13.4 Å². The van der Waals surface area contributed by atoms with E-state index in [4.69, 9.17) is 4.18 Å². The summed E-state index contributed by atoms with van der Waals surface area (Å²) in [7, 11) is -3.90. The number of aromatic nitrogens is 1. The maximum absolute atomic E-state index is 12.5. The number of nitrogens with zero attached hydrogens (tertiary/aromatic N) is 1. The van der Waals surface area contributed by atoms with Crippen LogP contribution in [-0.2, 0) is 10.1 Å². The Kier molecular flexibility index (Phi) is 4.05. The Morgan fingerprint density at radius 1 is 1.09 bits per heavy atom. The van der Waals surface area contributed by atoms with Crippen LogP contribution >= 0.6 is 22.6 Å². The number of fused-ring (bicyclic) bond motifs is 1. The fraction of sp³-hybridized carbons (Fsp3) is 0.0625. The molecule has 0 saturated carbocycles. The molecule has 0 saturated heterocycles. The number of halogens is 1. The fourth-order valence-corrected chi connectivity index (χ4v) is 4.00. The molecule has 0 fully saturated rings. The van der Waals surface area contributed by atoms with Crippen molar-refractivity contribution in [2.24, 2.45) is 0 Å². The average Bonchev–Trinajstić information content (AvgIpc) is 2.47. The van der Waals surface area contributed by atoms with Crippen LogP contribution in [0.5, 0.6) is 5.75 Å². The Labute approximate surface area is 142 Å². The average molecular weight is 425 g/mol. The van der Waals surface area contributed by atoms with Crippen LogP contribution < -0.4 is 4.18 Å². The molecule has 1 heterocycles. The smallest absolute Gasteiger partial charge is 0.339 e. The maximum atomic E-state index is 12.5. The maximum Gasteiger partial charge on any atom is 0.339 e. The lowest BCUT2D eigenvalue weighted by Crippen LogP contribution is -2.11. The zero-order chi connectivity index (χ0) is 15.7. The van der Waals surface area contributed by atoms with Crippen molar-refractivity contribution < 1.29 is 12.6 Å². The van der Waals surface area contributed by atoms with Crippen molar-refractivity contribution in [3.05, 3.63) is 63.9 Å². The van der Waals surface area contributed by atoms with E-state index in [0.29, 0.717) is 11.1 Å². The third-order valence-corrected chi connectivity index (χ3v) is 5.27. The third kappa shape index (κ3) is 2.93. The van der Waals surface area contributed by atoms with E-state index in [1.165, 1.54) is 0 Å². The zero-order valence-electron chi connectivity index (χ0n) is 11.7. The molecular formula is C16H12INO3S. The van der Waals surface area contributed by atoms with Crippen LogP contribution in [0.15, 0.2) is 59.6 Å².